The average molecular weight is 454 g/mol. The zero-order chi connectivity index (χ0) is 24.2. The molecule has 0 aliphatic heterocycles. The number of rotatable bonds is 12. The molecule has 0 radical (unpaired) electrons. The molecule has 2 atom stereocenters. The van der Waals surface area contributed by atoms with Gasteiger partial charge in [0.05, 0.1) is 0 Å². The summed E-state index contributed by atoms with van der Waals surface area (Å²) in [6.45, 7) is 6.23. The van der Waals surface area contributed by atoms with Crippen LogP contribution in [0.4, 0.5) is 0 Å². The van der Waals surface area contributed by atoms with E-state index in [-0.39, 0.29) is 18.2 Å². The number of hydroxylamine groups is 1. The molecule has 0 fully saturated rings. The molecule has 7 heteroatoms. The highest BCUT2D eigenvalue weighted by Gasteiger charge is 2.30. The Balaban J connectivity index is 2.05. The molecule has 178 valence electrons. The van der Waals surface area contributed by atoms with Gasteiger partial charge in [-0.1, -0.05) is 74.0 Å². The van der Waals surface area contributed by atoms with Gasteiger partial charge in [-0.25, -0.2) is 5.48 Å². The summed E-state index contributed by atoms with van der Waals surface area (Å²) in [6.07, 6.45) is 1.92. The highest BCUT2D eigenvalue weighted by Crippen LogP contribution is 2.14. The second kappa shape index (κ2) is 13.4. The van der Waals surface area contributed by atoms with Crippen molar-refractivity contribution in [3.63, 3.8) is 0 Å². The van der Waals surface area contributed by atoms with Gasteiger partial charge in [0.15, 0.2) is 0 Å². The van der Waals surface area contributed by atoms with Crippen molar-refractivity contribution >= 4 is 17.7 Å². The maximum absolute atomic E-state index is 13.0. The van der Waals surface area contributed by atoms with Gasteiger partial charge in [0, 0.05) is 6.54 Å². The van der Waals surface area contributed by atoms with Crippen LogP contribution in [0.25, 0.3) is 0 Å². The summed E-state index contributed by atoms with van der Waals surface area (Å²) >= 11 is 0. The molecule has 3 amide bonds. The van der Waals surface area contributed by atoms with Crippen molar-refractivity contribution in [1.82, 2.24) is 16.1 Å². The summed E-state index contributed by atoms with van der Waals surface area (Å²) in [5, 5.41) is 14.7. The zero-order valence-corrected chi connectivity index (χ0v) is 19.6. The van der Waals surface area contributed by atoms with Crippen LogP contribution < -0.4 is 16.1 Å². The summed E-state index contributed by atoms with van der Waals surface area (Å²) < 4.78 is 0. The Morgan fingerprint density at radius 1 is 0.848 bits per heavy atom. The van der Waals surface area contributed by atoms with Crippen molar-refractivity contribution in [2.45, 2.75) is 52.5 Å². The van der Waals surface area contributed by atoms with Crippen molar-refractivity contribution in [2.75, 3.05) is 6.54 Å². The van der Waals surface area contributed by atoms with Gasteiger partial charge < -0.3 is 10.6 Å². The molecule has 0 unspecified atom stereocenters. The van der Waals surface area contributed by atoms with Crippen molar-refractivity contribution < 1.29 is 19.6 Å². The van der Waals surface area contributed by atoms with Gasteiger partial charge in [-0.2, -0.15) is 0 Å². The van der Waals surface area contributed by atoms with Gasteiger partial charge in [0.25, 0.3) is 5.91 Å². The lowest BCUT2D eigenvalue weighted by Crippen LogP contribution is -2.51. The lowest BCUT2D eigenvalue weighted by Gasteiger charge is -2.22. The Bertz CT molecular complexity index is 898. The van der Waals surface area contributed by atoms with Gasteiger partial charge in [0.1, 0.15) is 12.0 Å². The summed E-state index contributed by atoms with van der Waals surface area (Å²) in [4.78, 5) is 37.9. The van der Waals surface area contributed by atoms with E-state index in [0.717, 1.165) is 11.1 Å². The van der Waals surface area contributed by atoms with E-state index in [9.17, 15) is 14.4 Å². The quantitative estimate of drug-likeness (QED) is 0.225. The minimum atomic E-state index is -1.07. The topological polar surface area (TPSA) is 108 Å². The second-order valence-corrected chi connectivity index (χ2v) is 8.77. The number of benzene rings is 2. The Morgan fingerprint density at radius 3 is 2.09 bits per heavy atom. The van der Waals surface area contributed by atoms with Crippen LogP contribution in [0.2, 0.25) is 0 Å². The van der Waals surface area contributed by atoms with E-state index in [2.05, 4.69) is 10.6 Å². The Morgan fingerprint density at radius 2 is 1.48 bits per heavy atom. The minimum absolute atomic E-state index is 0.0594. The van der Waals surface area contributed by atoms with E-state index in [1.54, 1.807) is 5.48 Å². The van der Waals surface area contributed by atoms with Crippen LogP contribution in [0.5, 0.6) is 0 Å². The molecule has 0 aliphatic carbocycles. The first-order chi connectivity index (χ1) is 15.8. The molecule has 0 spiro atoms. The molecule has 7 nitrogen and oxygen atoms in total. The fourth-order valence-corrected chi connectivity index (χ4v) is 3.59. The lowest BCUT2D eigenvalue weighted by molar-refractivity contribution is -0.142. The monoisotopic (exact) mass is 453 g/mol. The van der Waals surface area contributed by atoms with Crippen LogP contribution in [0.15, 0.2) is 54.6 Å². The third-order valence-corrected chi connectivity index (χ3v) is 5.48. The molecule has 33 heavy (non-hydrogen) atoms. The maximum Gasteiger partial charge on any atom is 0.255 e. The van der Waals surface area contributed by atoms with E-state index < -0.39 is 23.8 Å². The Labute approximate surface area is 195 Å². The van der Waals surface area contributed by atoms with Crippen molar-refractivity contribution in [1.29, 1.82) is 0 Å². The first kappa shape index (κ1) is 26.1. The van der Waals surface area contributed by atoms with E-state index in [0.29, 0.717) is 25.8 Å². The maximum atomic E-state index is 13.0. The molecule has 0 aromatic heterocycles. The molecule has 2 aromatic rings. The number of carbonyl (C=O) groups excluding carboxylic acids is 3. The van der Waals surface area contributed by atoms with Crippen molar-refractivity contribution in [3.05, 3.63) is 71.3 Å². The standard InChI is InChI=1S/C26H35N3O4/c1-18(2)17-22(25(31)29-33)24(30)28-23(14-13-20-7-5-4-6-8-20)26(32)27-16-15-21-11-9-19(3)10-12-21/h4-12,18,22-23,33H,13-17H2,1-3H3,(H,27,32)(H,28,30)(H,29,31)/t22-,23+/m1/s1. The molecule has 2 aromatic carbocycles. The average Bonchev–Trinajstić information content (AvgIpc) is 2.81. The molecule has 0 saturated heterocycles. The summed E-state index contributed by atoms with van der Waals surface area (Å²) in [5.74, 6) is -2.65. The van der Waals surface area contributed by atoms with Crippen LogP contribution in [0.1, 0.15) is 43.4 Å². The predicted octanol–water partition coefficient (Wildman–Crippen LogP) is 2.94. The first-order valence-corrected chi connectivity index (χ1v) is 11.4. The zero-order valence-electron chi connectivity index (χ0n) is 19.6. The van der Waals surface area contributed by atoms with Crippen LogP contribution in [0.3, 0.4) is 0 Å². The Kier molecular flexibility index (Phi) is 10.6. The van der Waals surface area contributed by atoms with Gasteiger partial charge >= 0.3 is 0 Å². The molecule has 0 bridgehead atoms. The van der Waals surface area contributed by atoms with Crippen LogP contribution in [0, 0.1) is 18.8 Å². The smallest absolute Gasteiger partial charge is 0.255 e. The number of carbonyl (C=O) groups is 3. The fraction of sp³-hybridized carbons (Fsp3) is 0.423. The highest BCUT2D eigenvalue weighted by molar-refractivity contribution is 6.01. The molecule has 0 saturated carbocycles. The highest BCUT2D eigenvalue weighted by atomic mass is 16.5. The number of hydrogen-bond acceptors (Lipinski definition) is 4. The molecular weight excluding hydrogens is 418 g/mol. The van der Waals surface area contributed by atoms with E-state index in [1.807, 2.05) is 75.4 Å². The van der Waals surface area contributed by atoms with Gasteiger partial charge in [-0.05, 0) is 49.7 Å². The normalized spacial score (nSPS) is 12.6. The van der Waals surface area contributed by atoms with Crippen molar-refractivity contribution in [3.8, 4) is 0 Å². The predicted molar refractivity (Wildman–Crippen MR) is 127 cm³/mol. The van der Waals surface area contributed by atoms with Crippen LogP contribution in [-0.2, 0) is 27.2 Å². The lowest BCUT2D eigenvalue weighted by atomic mass is 9.95. The third-order valence-electron chi connectivity index (χ3n) is 5.48. The summed E-state index contributed by atoms with van der Waals surface area (Å²) in [5.41, 5.74) is 4.91. The SMILES string of the molecule is Cc1ccc(CCNC(=O)[C@H](CCc2ccccc2)NC(=O)[C@@H](CC(C)C)C(=O)NO)cc1. The molecular formula is C26H35N3O4. The Hall–Kier alpha value is -3.19. The minimum Gasteiger partial charge on any atom is -0.354 e. The molecule has 2 rings (SSSR count). The van der Waals surface area contributed by atoms with Crippen molar-refractivity contribution in [2.24, 2.45) is 11.8 Å². The fourth-order valence-electron chi connectivity index (χ4n) is 3.59. The van der Waals surface area contributed by atoms with Crippen LogP contribution in [-0.4, -0.2) is 35.5 Å². The number of aryl methyl sites for hydroxylation is 2. The van der Waals surface area contributed by atoms with Gasteiger partial charge in [-0.15, -0.1) is 0 Å². The molecule has 4 N–H and O–H groups in total. The van der Waals surface area contributed by atoms with Gasteiger partial charge in [0.2, 0.25) is 11.8 Å². The first-order valence-electron chi connectivity index (χ1n) is 11.4. The third kappa shape index (κ3) is 9.06. The van der Waals surface area contributed by atoms with Gasteiger partial charge in [-0.3, -0.25) is 19.6 Å². The molecule has 0 aliphatic rings. The van der Waals surface area contributed by atoms with E-state index >= 15 is 0 Å². The summed E-state index contributed by atoms with van der Waals surface area (Å²) in [7, 11) is 0. The number of hydrogen-bond donors (Lipinski definition) is 4. The second-order valence-electron chi connectivity index (χ2n) is 8.77. The van der Waals surface area contributed by atoms with E-state index in [4.69, 9.17) is 5.21 Å². The number of nitrogens with one attached hydrogen (secondary N) is 3. The van der Waals surface area contributed by atoms with Crippen LogP contribution >= 0.6 is 0 Å². The van der Waals surface area contributed by atoms with E-state index in [1.165, 1.54) is 5.56 Å². The largest absolute Gasteiger partial charge is 0.354 e. The summed E-state index contributed by atoms with van der Waals surface area (Å²) in [6, 6.07) is 17.0. The molecule has 0 heterocycles. The number of amides is 3.